The zero-order chi connectivity index (χ0) is 21.4. The molecule has 0 bridgehead atoms. The molecule has 3 nitrogen and oxygen atoms in total. The van der Waals surface area contributed by atoms with Crippen LogP contribution in [0.2, 0.25) is 0 Å². The zero-order valence-corrected chi connectivity index (χ0v) is 18.1. The second kappa shape index (κ2) is 8.07. The number of ketones is 1. The van der Waals surface area contributed by atoms with Crippen molar-refractivity contribution in [1.29, 1.82) is 0 Å². The number of aryl methyl sites for hydroxylation is 2. The van der Waals surface area contributed by atoms with Crippen LogP contribution in [0.15, 0.2) is 84.1 Å². The monoisotopic (exact) mass is 408 g/mol. The lowest BCUT2D eigenvalue weighted by molar-refractivity contribution is -0.116. The summed E-state index contributed by atoms with van der Waals surface area (Å²) in [6, 6.07) is 25.2. The predicted molar refractivity (Wildman–Crippen MR) is 127 cm³/mol. The molecule has 2 unspecified atom stereocenters. The summed E-state index contributed by atoms with van der Waals surface area (Å²) < 4.78 is 0. The molecule has 3 aromatic rings. The first-order valence-corrected chi connectivity index (χ1v) is 11.2. The van der Waals surface area contributed by atoms with Crippen molar-refractivity contribution in [1.82, 2.24) is 0 Å². The summed E-state index contributed by atoms with van der Waals surface area (Å²) in [7, 11) is 0. The van der Waals surface area contributed by atoms with Crippen molar-refractivity contribution in [2.75, 3.05) is 10.6 Å². The number of Topliss-reactive ketones (excluding diaryl/α,β-unsaturated/α-hetero) is 1. The molecule has 0 saturated heterocycles. The van der Waals surface area contributed by atoms with Crippen molar-refractivity contribution in [3.05, 3.63) is 106 Å². The van der Waals surface area contributed by atoms with E-state index in [1.54, 1.807) is 0 Å². The molecule has 1 aliphatic carbocycles. The van der Waals surface area contributed by atoms with Crippen LogP contribution in [0.3, 0.4) is 0 Å². The average molecular weight is 409 g/mol. The number of para-hydroxylation sites is 2. The van der Waals surface area contributed by atoms with Crippen molar-refractivity contribution in [3.63, 3.8) is 0 Å². The molecule has 31 heavy (non-hydrogen) atoms. The highest BCUT2D eigenvalue weighted by molar-refractivity contribution is 6.01. The van der Waals surface area contributed by atoms with Gasteiger partial charge in [-0.05, 0) is 60.1 Å². The van der Waals surface area contributed by atoms with Crippen LogP contribution >= 0.6 is 0 Å². The van der Waals surface area contributed by atoms with Gasteiger partial charge in [0.2, 0.25) is 0 Å². The van der Waals surface area contributed by atoms with Gasteiger partial charge in [0.05, 0.1) is 17.4 Å². The van der Waals surface area contributed by atoms with Crippen molar-refractivity contribution in [2.24, 2.45) is 0 Å². The maximum atomic E-state index is 13.6. The van der Waals surface area contributed by atoms with Gasteiger partial charge in [0.25, 0.3) is 0 Å². The molecule has 0 aromatic heterocycles. The van der Waals surface area contributed by atoms with E-state index < -0.39 is 0 Å². The van der Waals surface area contributed by atoms with E-state index in [2.05, 4.69) is 85.1 Å². The molecule has 5 rings (SSSR count). The van der Waals surface area contributed by atoms with Crippen LogP contribution in [-0.4, -0.2) is 5.78 Å². The largest absolute Gasteiger partial charge is 0.372 e. The third-order valence-electron chi connectivity index (χ3n) is 6.67. The summed E-state index contributed by atoms with van der Waals surface area (Å²) in [5.41, 5.74) is 8.91. The molecule has 0 radical (unpaired) electrons. The van der Waals surface area contributed by atoms with Crippen molar-refractivity contribution >= 4 is 17.2 Å². The fourth-order valence-corrected chi connectivity index (χ4v) is 4.90. The number of benzene rings is 3. The molecule has 1 aliphatic heterocycles. The van der Waals surface area contributed by atoms with E-state index in [-0.39, 0.29) is 17.7 Å². The zero-order valence-electron chi connectivity index (χ0n) is 18.1. The van der Waals surface area contributed by atoms with Crippen LogP contribution in [0.4, 0.5) is 11.4 Å². The number of allylic oxidation sites excluding steroid dienone is 1. The Labute approximate surface area is 184 Å². The molecular weight excluding hydrogens is 380 g/mol. The number of rotatable bonds is 3. The van der Waals surface area contributed by atoms with Gasteiger partial charge < -0.3 is 10.6 Å². The summed E-state index contributed by atoms with van der Waals surface area (Å²) >= 11 is 0. The second-order valence-electron chi connectivity index (χ2n) is 8.62. The highest BCUT2D eigenvalue weighted by Crippen LogP contribution is 2.44. The van der Waals surface area contributed by atoms with Gasteiger partial charge >= 0.3 is 0 Å². The molecule has 2 atom stereocenters. The number of carbonyl (C=O) groups excluding carboxylic acids is 1. The van der Waals surface area contributed by atoms with Crippen LogP contribution in [0, 0.1) is 6.92 Å². The van der Waals surface area contributed by atoms with Crippen molar-refractivity contribution < 1.29 is 4.79 Å². The Hall–Kier alpha value is -3.33. The maximum Gasteiger partial charge on any atom is 0.163 e. The Balaban J connectivity index is 1.59. The van der Waals surface area contributed by atoms with E-state index in [4.69, 9.17) is 0 Å². The number of anilines is 2. The van der Waals surface area contributed by atoms with E-state index in [0.717, 1.165) is 41.1 Å². The van der Waals surface area contributed by atoms with E-state index in [1.165, 1.54) is 16.7 Å². The third-order valence-corrected chi connectivity index (χ3v) is 6.67. The molecule has 2 N–H and O–H groups in total. The minimum Gasteiger partial charge on any atom is -0.372 e. The Morgan fingerprint density at radius 2 is 1.58 bits per heavy atom. The standard InChI is InChI=1S/C28H28N2O/c1-3-19-12-14-20(15-13-19)21-16-25-27(26(31)17-21)28(22-9-5-4-8-18(22)2)30-24-11-7-6-10-23(24)29-25/h4-15,21,28-30H,3,16-17H2,1-2H3. The molecule has 0 amide bonds. The molecule has 156 valence electrons. The van der Waals surface area contributed by atoms with Gasteiger partial charge in [-0.3, -0.25) is 4.79 Å². The molecule has 0 spiro atoms. The van der Waals surface area contributed by atoms with Crippen LogP contribution in [-0.2, 0) is 11.2 Å². The number of hydrogen-bond donors (Lipinski definition) is 2. The Bertz CT molecular complexity index is 1160. The van der Waals surface area contributed by atoms with Crippen molar-refractivity contribution in [2.45, 2.75) is 45.1 Å². The van der Waals surface area contributed by atoms with E-state index >= 15 is 0 Å². The lowest BCUT2D eigenvalue weighted by atomic mass is 9.78. The van der Waals surface area contributed by atoms with Gasteiger partial charge in [-0.2, -0.15) is 0 Å². The van der Waals surface area contributed by atoms with Gasteiger partial charge in [-0.1, -0.05) is 67.6 Å². The van der Waals surface area contributed by atoms with Gasteiger partial charge in [0.1, 0.15) is 0 Å². The molecule has 2 aliphatic rings. The minimum atomic E-state index is -0.150. The molecule has 0 saturated carbocycles. The van der Waals surface area contributed by atoms with E-state index in [9.17, 15) is 4.79 Å². The molecule has 3 aromatic carbocycles. The highest BCUT2D eigenvalue weighted by Gasteiger charge is 2.36. The fourth-order valence-electron chi connectivity index (χ4n) is 4.90. The number of carbonyl (C=O) groups is 1. The van der Waals surface area contributed by atoms with Crippen LogP contribution in [0.25, 0.3) is 0 Å². The fraction of sp³-hybridized carbons (Fsp3) is 0.250. The Kier molecular flexibility index (Phi) is 5.11. The van der Waals surface area contributed by atoms with E-state index in [1.807, 2.05) is 12.1 Å². The minimum absolute atomic E-state index is 0.150. The average Bonchev–Trinajstić information content (AvgIpc) is 2.96. The van der Waals surface area contributed by atoms with Gasteiger partial charge in [0, 0.05) is 17.7 Å². The summed E-state index contributed by atoms with van der Waals surface area (Å²) in [5, 5.41) is 7.30. The van der Waals surface area contributed by atoms with Crippen LogP contribution in [0.5, 0.6) is 0 Å². The molecular formula is C28H28N2O. The molecule has 0 fully saturated rings. The first kappa shape index (κ1) is 19.6. The summed E-state index contributed by atoms with van der Waals surface area (Å²) in [6.45, 7) is 4.29. The first-order chi connectivity index (χ1) is 15.1. The normalized spacial score (nSPS) is 20.3. The van der Waals surface area contributed by atoms with Crippen molar-refractivity contribution in [3.8, 4) is 0 Å². The summed E-state index contributed by atoms with van der Waals surface area (Å²) in [5.74, 6) is 0.430. The summed E-state index contributed by atoms with van der Waals surface area (Å²) in [4.78, 5) is 13.6. The predicted octanol–water partition coefficient (Wildman–Crippen LogP) is 6.54. The smallest absolute Gasteiger partial charge is 0.163 e. The Morgan fingerprint density at radius 1 is 0.871 bits per heavy atom. The highest BCUT2D eigenvalue weighted by atomic mass is 16.1. The number of fused-ring (bicyclic) bond motifs is 1. The molecule has 3 heteroatoms. The van der Waals surface area contributed by atoms with E-state index in [0.29, 0.717) is 6.42 Å². The van der Waals surface area contributed by atoms with Crippen LogP contribution < -0.4 is 10.6 Å². The lowest BCUT2D eigenvalue weighted by Gasteiger charge is -2.30. The quantitative estimate of drug-likeness (QED) is 0.517. The topological polar surface area (TPSA) is 41.1 Å². The summed E-state index contributed by atoms with van der Waals surface area (Å²) in [6.07, 6.45) is 2.42. The van der Waals surface area contributed by atoms with Gasteiger partial charge in [-0.25, -0.2) is 0 Å². The third kappa shape index (κ3) is 3.65. The number of hydrogen-bond acceptors (Lipinski definition) is 3. The lowest BCUT2D eigenvalue weighted by Crippen LogP contribution is -2.27. The molecule has 1 heterocycles. The first-order valence-electron chi connectivity index (χ1n) is 11.2. The van der Waals surface area contributed by atoms with Gasteiger partial charge in [0.15, 0.2) is 5.78 Å². The maximum absolute atomic E-state index is 13.6. The second-order valence-corrected chi connectivity index (χ2v) is 8.62. The Morgan fingerprint density at radius 3 is 2.32 bits per heavy atom. The van der Waals surface area contributed by atoms with Gasteiger partial charge in [-0.15, -0.1) is 0 Å². The van der Waals surface area contributed by atoms with Crippen LogP contribution in [0.1, 0.15) is 54.0 Å². The SMILES string of the molecule is CCc1ccc(C2CC(=O)C3=C(C2)Nc2ccccc2NC3c2ccccc2C)cc1. The number of nitrogens with one attached hydrogen (secondary N) is 2.